The number of benzene rings is 2. The zero-order valence-corrected chi connectivity index (χ0v) is 12.6. The van der Waals surface area contributed by atoms with E-state index in [0.29, 0.717) is 17.2 Å². The van der Waals surface area contributed by atoms with E-state index in [0.717, 1.165) is 5.56 Å². The van der Waals surface area contributed by atoms with Gasteiger partial charge in [0.2, 0.25) is 0 Å². The topological polar surface area (TPSA) is 91.0 Å². The highest BCUT2D eigenvalue weighted by Gasteiger charge is 2.05. The summed E-state index contributed by atoms with van der Waals surface area (Å²) in [6, 6.07) is 12.8. The number of carbonyl (C=O) groups excluding carboxylic acids is 1. The van der Waals surface area contributed by atoms with Crippen molar-refractivity contribution in [1.29, 1.82) is 0 Å². The Bertz CT molecular complexity index is 736. The van der Waals surface area contributed by atoms with Gasteiger partial charge in [-0.3, -0.25) is 10.1 Å². The molecule has 0 saturated carbocycles. The second-order valence-corrected chi connectivity index (χ2v) is 4.64. The van der Waals surface area contributed by atoms with Crippen LogP contribution in [0.25, 0.3) is 0 Å². The van der Waals surface area contributed by atoms with Crippen molar-refractivity contribution in [3.8, 4) is 11.5 Å². The molecule has 0 bridgehead atoms. The van der Waals surface area contributed by atoms with E-state index in [4.69, 9.17) is 4.74 Å². The van der Waals surface area contributed by atoms with Crippen LogP contribution >= 0.6 is 0 Å². The summed E-state index contributed by atoms with van der Waals surface area (Å²) in [5, 5.41) is 14.3. The van der Waals surface area contributed by atoms with Crippen molar-refractivity contribution >= 4 is 17.4 Å². The third-order valence-corrected chi connectivity index (χ3v) is 2.87. The summed E-state index contributed by atoms with van der Waals surface area (Å²) in [5.74, 6) is 0.582. The highest BCUT2D eigenvalue weighted by molar-refractivity contribution is 5.98. The molecule has 118 valence electrons. The molecule has 2 rings (SSSR count). The van der Waals surface area contributed by atoms with Gasteiger partial charge in [0, 0.05) is 19.1 Å². The molecule has 0 fully saturated rings. The summed E-state index contributed by atoms with van der Waals surface area (Å²) in [6.07, 6.45) is 0. The third kappa shape index (κ3) is 4.63. The number of oxime groups is 1. The average Bonchev–Trinajstić information content (AvgIpc) is 2.54. The van der Waals surface area contributed by atoms with Crippen molar-refractivity contribution in [1.82, 2.24) is 0 Å². The number of hydrogen-bond acceptors (Lipinski definition) is 6. The van der Waals surface area contributed by atoms with Gasteiger partial charge in [0.25, 0.3) is 5.69 Å². The van der Waals surface area contributed by atoms with Crippen LogP contribution in [0.3, 0.4) is 0 Å². The van der Waals surface area contributed by atoms with Gasteiger partial charge in [0.1, 0.15) is 11.5 Å². The number of nitro groups is 1. The standard InChI is InChI=1S/C16H14N2O5/c1-11(17-23-12(2)19)13-3-7-15(8-4-13)22-16-9-5-14(6-10-16)18(20)21/h3-10H,1-2H3. The van der Waals surface area contributed by atoms with Crippen molar-refractivity contribution in [3.05, 3.63) is 64.2 Å². The fourth-order valence-electron chi connectivity index (χ4n) is 1.72. The van der Waals surface area contributed by atoms with Crippen LogP contribution in [-0.4, -0.2) is 16.6 Å². The quantitative estimate of drug-likeness (QED) is 0.363. The van der Waals surface area contributed by atoms with Crippen molar-refractivity contribution in [2.75, 3.05) is 0 Å². The van der Waals surface area contributed by atoms with Crippen LogP contribution < -0.4 is 4.74 Å². The largest absolute Gasteiger partial charge is 0.457 e. The van der Waals surface area contributed by atoms with Crippen molar-refractivity contribution < 1.29 is 19.3 Å². The fourth-order valence-corrected chi connectivity index (χ4v) is 1.72. The molecule has 0 aliphatic carbocycles. The zero-order chi connectivity index (χ0) is 16.8. The SMILES string of the molecule is CC(=O)ON=C(C)c1ccc(Oc2ccc([N+](=O)[O-])cc2)cc1. The second kappa shape index (κ2) is 7.17. The van der Waals surface area contributed by atoms with E-state index in [1.807, 2.05) is 0 Å². The molecule has 0 aromatic heterocycles. The lowest BCUT2D eigenvalue weighted by molar-refractivity contribution is -0.384. The molecule has 0 amide bonds. The third-order valence-electron chi connectivity index (χ3n) is 2.87. The Morgan fingerprint density at radius 3 is 2.00 bits per heavy atom. The lowest BCUT2D eigenvalue weighted by Gasteiger charge is -2.06. The highest BCUT2D eigenvalue weighted by Crippen LogP contribution is 2.24. The van der Waals surface area contributed by atoms with E-state index in [9.17, 15) is 14.9 Å². The molecule has 0 spiro atoms. The normalized spacial score (nSPS) is 11.0. The van der Waals surface area contributed by atoms with Gasteiger partial charge in [-0.25, -0.2) is 4.79 Å². The van der Waals surface area contributed by atoms with Crippen LogP contribution in [0.15, 0.2) is 53.7 Å². The first kappa shape index (κ1) is 16.2. The summed E-state index contributed by atoms with van der Waals surface area (Å²) >= 11 is 0. The molecule has 23 heavy (non-hydrogen) atoms. The first-order valence-electron chi connectivity index (χ1n) is 6.70. The van der Waals surface area contributed by atoms with Gasteiger partial charge < -0.3 is 9.57 Å². The van der Waals surface area contributed by atoms with Gasteiger partial charge in [0.05, 0.1) is 10.6 Å². The Morgan fingerprint density at radius 1 is 1.00 bits per heavy atom. The molecule has 2 aromatic rings. The number of carbonyl (C=O) groups is 1. The molecule has 2 aromatic carbocycles. The molecular weight excluding hydrogens is 300 g/mol. The molecule has 7 heteroatoms. The van der Waals surface area contributed by atoms with Crippen molar-refractivity contribution in [2.24, 2.45) is 5.16 Å². The molecule has 0 atom stereocenters. The maximum Gasteiger partial charge on any atom is 0.331 e. The van der Waals surface area contributed by atoms with Gasteiger partial charge in [-0.1, -0.05) is 5.16 Å². The van der Waals surface area contributed by atoms with E-state index >= 15 is 0 Å². The Balaban J connectivity index is 2.06. The molecule has 0 radical (unpaired) electrons. The first-order valence-corrected chi connectivity index (χ1v) is 6.70. The Kier molecular flexibility index (Phi) is 5.03. The number of rotatable bonds is 5. The van der Waals surface area contributed by atoms with E-state index in [-0.39, 0.29) is 5.69 Å². The molecule has 0 heterocycles. The summed E-state index contributed by atoms with van der Waals surface area (Å²) in [5.41, 5.74) is 1.34. The maximum atomic E-state index is 10.7. The Hall–Kier alpha value is -3.22. The van der Waals surface area contributed by atoms with E-state index in [1.165, 1.54) is 31.2 Å². The number of hydrogen-bond donors (Lipinski definition) is 0. The number of nitrogens with zero attached hydrogens (tertiary/aromatic N) is 2. The van der Waals surface area contributed by atoms with Gasteiger partial charge in [0.15, 0.2) is 0 Å². The van der Waals surface area contributed by atoms with Crippen LogP contribution in [-0.2, 0) is 9.63 Å². The minimum absolute atomic E-state index is 0.00463. The first-order chi connectivity index (χ1) is 11.0. The van der Waals surface area contributed by atoms with Gasteiger partial charge >= 0.3 is 5.97 Å². The molecule has 7 nitrogen and oxygen atoms in total. The molecule has 0 N–H and O–H groups in total. The van der Waals surface area contributed by atoms with Crippen LogP contribution in [0, 0.1) is 10.1 Å². The van der Waals surface area contributed by atoms with Gasteiger partial charge in [-0.15, -0.1) is 0 Å². The minimum atomic E-state index is -0.484. The molecule has 0 aliphatic rings. The predicted octanol–water partition coefficient (Wildman–Crippen LogP) is 3.67. The minimum Gasteiger partial charge on any atom is -0.457 e. The molecule has 0 saturated heterocycles. The van der Waals surface area contributed by atoms with Crippen molar-refractivity contribution in [3.63, 3.8) is 0 Å². The van der Waals surface area contributed by atoms with Crippen LogP contribution in [0.4, 0.5) is 5.69 Å². The van der Waals surface area contributed by atoms with E-state index in [1.54, 1.807) is 31.2 Å². The van der Waals surface area contributed by atoms with Crippen molar-refractivity contribution in [2.45, 2.75) is 13.8 Å². The van der Waals surface area contributed by atoms with Gasteiger partial charge in [-0.05, 0) is 48.9 Å². The molecular formula is C16H14N2O5. The Labute approximate surface area is 132 Å². The molecule has 0 unspecified atom stereocenters. The maximum absolute atomic E-state index is 10.7. The summed E-state index contributed by atoms with van der Waals surface area (Å²) in [7, 11) is 0. The smallest absolute Gasteiger partial charge is 0.331 e. The lowest BCUT2D eigenvalue weighted by Crippen LogP contribution is -1.99. The fraction of sp³-hybridized carbons (Fsp3) is 0.125. The number of ether oxygens (including phenoxy) is 1. The second-order valence-electron chi connectivity index (χ2n) is 4.64. The summed E-state index contributed by atoms with van der Waals surface area (Å²) in [6.45, 7) is 2.99. The highest BCUT2D eigenvalue weighted by atomic mass is 16.7. The lowest BCUT2D eigenvalue weighted by atomic mass is 10.1. The van der Waals surface area contributed by atoms with E-state index < -0.39 is 10.9 Å². The van der Waals surface area contributed by atoms with Gasteiger partial charge in [-0.2, -0.15) is 0 Å². The number of nitro benzene ring substituents is 1. The molecule has 0 aliphatic heterocycles. The predicted molar refractivity (Wildman–Crippen MR) is 83.6 cm³/mol. The van der Waals surface area contributed by atoms with Crippen LogP contribution in [0.5, 0.6) is 11.5 Å². The summed E-state index contributed by atoms with van der Waals surface area (Å²) < 4.78 is 5.60. The average molecular weight is 314 g/mol. The Morgan fingerprint density at radius 2 is 1.52 bits per heavy atom. The monoisotopic (exact) mass is 314 g/mol. The van der Waals surface area contributed by atoms with E-state index in [2.05, 4.69) is 9.99 Å². The van der Waals surface area contributed by atoms with Crippen LogP contribution in [0.1, 0.15) is 19.4 Å². The van der Waals surface area contributed by atoms with Crippen LogP contribution in [0.2, 0.25) is 0 Å². The zero-order valence-electron chi connectivity index (χ0n) is 12.6. The summed E-state index contributed by atoms with van der Waals surface area (Å²) in [4.78, 5) is 25.4. The number of non-ortho nitro benzene ring substituents is 1.